The van der Waals surface area contributed by atoms with Gasteiger partial charge in [0.2, 0.25) is 5.91 Å². The van der Waals surface area contributed by atoms with Gasteiger partial charge in [-0.25, -0.2) is 4.98 Å². The minimum absolute atomic E-state index is 0.112. The maximum absolute atomic E-state index is 13.0. The van der Waals surface area contributed by atoms with Crippen LogP contribution in [0.15, 0.2) is 60.7 Å². The molecule has 0 spiro atoms. The lowest BCUT2D eigenvalue weighted by Gasteiger charge is -2.14. The number of benzene rings is 3. The predicted molar refractivity (Wildman–Crippen MR) is 123 cm³/mol. The molecule has 1 N–H and O–H groups in total. The summed E-state index contributed by atoms with van der Waals surface area (Å²) in [6.07, 6.45) is 0. The summed E-state index contributed by atoms with van der Waals surface area (Å²) < 4.78 is 12.7. The van der Waals surface area contributed by atoms with Crippen LogP contribution < -0.4 is 14.8 Å². The molecule has 0 aliphatic rings. The number of anilines is 1. The molecule has 4 rings (SSSR count). The molecule has 158 valence electrons. The van der Waals surface area contributed by atoms with Gasteiger partial charge in [-0.2, -0.15) is 0 Å². The van der Waals surface area contributed by atoms with Gasteiger partial charge >= 0.3 is 0 Å². The fourth-order valence-corrected chi connectivity index (χ4v) is 3.65. The molecule has 0 saturated heterocycles. The zero-order valence-electron chi connectivity index (χ0n) is 18.1. The van der Waals surface area contributed by atoms with Gasteiger partial charge in [-0.3, -0.25) is 4.79 Å². The van der Waals surface area contributed by atoms with E-state index in [0.29, 0.717) is 17.3 Å². The number of aryl methyl sites for hydroxylation is 1. The number of aromatic nitrogens is 2. The van der Waals surface area contributed by atoms with Crippen LogP contribution in [0.3, 0.4) is 0 Å². The average molecular weight is 415 g/mol. The first-order chi connectivity index (χ1) is 15.0. The Morgan fingerprint density at radius 2 is 1.74 bits per heavy atom. The number of hydrogen-bond acceptors (Lipinski definition) is 4. The lowest BCUT2D eigenvalue weighted by atomic mass is 10.1. The molecular weight excluding hydrogens is 390 g/mol. The van der Waals surface area contributed by atoms with Crippen molar-refractivity contribution in [3.8, 4) is 22.9 Å². The number of nitrogens with one attached hydrogen (secondary N) is 1. The fraction of sp³-hybridized carbons (Fsp3) is 0.200. The summed E-state index contributed by atoms with van der Waals surface area (Å²) in [6.45, 7) is 4.17. The number of fused-ring (bicyclic) bond motifs is 1. The smallest absolute Gasteiger partial charge is 0.244 e. The molecule has 0 saturated carbocycles. The van der Waals surface area contributed by atoms with Crippen LogP contribution in [0.25, 0.3) is 22.4 Å². The topological polar surface area (TPSA) is 65.4 Å². The number of methoxy groups -OCH3 is 2. The van der Waals surface area contributed by atoms with Crippen LogP contribution in [0, 0.1) is 13.8 Å². The highest BCUT2D eigenvalue weighted by molar-refractivity contribution is 5.93. The Kier molecular flexibility index (Phi) is 5.62. The van der Waals surface area contributed by atoms with Crippen LogP contribution in [0.5, 0.6) is 11.5 Å². The second-order valence-corrected chi connectivity index (χ2v) is 7.38. The van der Waals surface area contributed by atoms with Gasteiger partial charge in [0.1, 0.15) is 12.4 Å². The summed E-state index contributed by atoms with van der Waals surface area (Å²) in [4.78, 5) is 17.8. The fourth-order valence-electron chi connectivity index (χ4n) is 3.65. The summed E-state index contributed by atoms with van der Waals surface area (Å²) in [5.41, 5.74) is 5.58. The molecule has 0 aliphatic heterocycles. The number of hydrogen-bond donors (Lipinski definition) is 1. The molecule has 0 atom stereocenters. The average Bonchev–Trinajstić information content (AvgIpc) is 3.14. The van der Waals surface area contributed by atoms with Crippen LogP contribution >= 0.6 is 0 Å². The molecule has 6 heteroatoms. The number of rotatable bonds is 6. The number of nitrogens with zero attached hydrogens (tertiary/aromatic N) is 2. The van der Waals surface area contributed by atoms with Crippen molar-refractivity contribution in [2.45, 2.75) is 20.4 Å². The van der Waals surface area contributed by atoms with E-state index in [4.69, 9.17) is 14.5 Å². The van der Waals surface area contributed by atoms with Gasteiger partial charge in [0.15, 0.2) is 11.5 Å². The van der Waals surface area contributed by atoms with Crippen molar-refractivity contribution in [1.82, 2.24) is 9.55 Å². The standard InChI is InChI=1S/C25H25N3O3/c1-16-8-7-10-19(17(16)2)26-24(29)15-28-21-11-6-5-9-20(21)27-25(28)18-12-13-22(30-3)23(14-18)31-4/h5-14H,15H2,1-4H3,(H,26,29). The molecule has 0 aliphatic carbocycles. The van der Waals surface area contributed by atoms with E-state index in [0.717, 1.165) is 33.4 Å². The van der Waals surface area contributed by atoms with Gasteiger partial charge in [-0.15, -0.1) is 0 Å². The first-order valence-electron chi connectivity index (χ1n) is 10.1. The van der Waals surface area contributed by atoms with E-state index in [1.165, 1.54) is 0 Å². The summed E-state index contributed by atoms with van der Waals surface area (Å²) in [6, 6.07) is 19.3. The Labute approximate surface area is 181 Å². The Bertz CT molecular complexity index is 1260. The van der Waals surface area contributed by atoms with Gasteiger partial charge in [0, 0.05) is 11.3 Å². The Morgan fingerprint density at radius 1 is 0.968 bits per heavy atom. The molecule has 1 amide bonds. The Hall–Kier alpha value is -3.80. The summed E-state index contributed by atoms with van der Waals surface area (Å²) in [5.74, 6) is 1.83. The van der Waals surface area contributed by atoms with E-state index >= 15 is 0 Å². The second kappa shape index (κ2) is 8.52. The SMILES string of the molecule is COc1ccc(-c2nc3ccccc3n2CC(=O)Nc2cccc(C)c2C)cc1OC. The largest absolute Gasteiger partial charge is 0.493 e. The molecular formula is C25H25N3O3. The van der Waals surface area contributed by atoms with Crippen molar-refractivity contribution >= 4 is 22.6 Å². The zero-order chi connectivity index (χ0) is 22.0. The van der Waals surface area contributed by atoms with Crippen LogP contribution in [0.2, 0.25) is 0 Å². The van der Waals surface area contributed by atoms with Crippen molar-refractivity contribution in [1.29, 1.82) is 0 Å². The quantitative estimate of drug-likeness (QED) is 0.483. The van der Waals surface area contributed by atoms with Crippen molar-refractivity contribution in [3.05, 3.63) is 71.8 Å². The van der Waals surface area contributed by atoms with Gasteiger partial charge in [0.25, 0.3) is 0 Å². The lowest BCUT2D eigenvalue weighted by molar-refractivity contribution is -0.116. The van der Waals surface area contributed by atoms with Gasteiger partial charge in [-0.05, 0) is 61.4 Å². The Balaban J connectivity index is 1.74. The highest BCUT2D eigenvalue weighted by Crippen LogP contribution is 2.33. The van der Waals surface area contributed by atoms with Crippen molar-refractivity contribution in [2.75, 3.05) is 19.5 Å². The predicted octanol–water partition coefficient (Wildman–Crippen LogP) is 4.98. The number of carbonyl (C=O) groups excluding carboxylic acids is 1. The number of amides is 1. The third kappa shape index (κ3) is 3.97. The first-order valence-corrected chi connectivity index (χ1v) is 10.1. The van der Waals surface area contributed by atoms with E-state index in [-0.39, 0.29) is 12.5 Å². The van der Waals surface area contributed by atoms with E-state index in [2.05, 4.69) is 5.32 Å². The number of carbonyl (C=O) groups is 1. The molecule has 1 aromatic heterocycles. The summed E-state index contributed by atoms with van der Waals surface area (Å²) in [5, 5.41) is 3.04. The van der Waals surface area contributed by atoms with E-state index < -0.39 is 0 Å². The molecule has 31 heavy (non-hydrogen) atoms. The molecule has 0 radical (unpaired) electrons. The summed E-state index contributed by atoms with van der Waals surface area (Å²) >= 11 is 0. The second-order valence-electron chi connectivity index (χ2n) is 7.38. The normalized spacial score (nSPS) is 10.8. The van der Waals surface area contributed by atoms with Gasteiger partial charge < -0.3 is 19.4 Å². The number of ether oxygens (including phenoxy) is 2. The minimum Gasteiger partial charge on any atom is -0.493 e. The summed E-state index contributed by atoms with van der Waals surface area (Å²) in [7, 11) is 3.20. The first kappa shape index (κ1) is 20.5. The number of para-hydroxylation sites is 2. The third-order valence-electron chi connectivity index (χ3n) is 5.48. The van der Waals surface area contributed by atoms with Crippen molar-refractivity contribution in [2.24, 2.45) is 0 Å². The van der Waals surface area contributed by atoms with Crippen LogP contribution in [0.1, 0.15) is 11.1 Å². The lowest BCUT2D eigenvalue weighted by Crippen LogP contribution is -2.20. The Morgan fingerprint density at radius 3 is 2.52 bits per heavy atom. The maximum Gasteiger partial charge on any atom is 0.244 e. The molecule has 4 aromatic rings. The van der Waals surface area contributed by atoms with E-state index in [1.807, 2.05) is 79.1 Å². The highest BCUT2D eigenvalue weighted by atomic mass is 16.5. The molecule has 3 aromatic carbocycles. The van der Waals surface area contributed by atoms with Crippen molar-refractivity contribution in [3.63, 3.8) is 0 Å². The molecule has 1 heterocycles. The van der Waals surface area contributed by atoms with E-state index in [1.54, 1.807) is 14.2 Å². The van der Waals surface area contributed by atoms with E-state index in [9.17, 15) is 4.79 Å². The van der Waals surface area contributed by atoms with Gasteiger partial charge in [-0.1, -0.05) is 24.3 Å². The van der Waals surface area contributed by atoms with Crippen LogP contribution in [-0.4, -0.2) is 29.7 Å². The maximum atomic E-state index is 13.0. The zero-order valence-corrected chi connectivity index (χ0v) is 18.1. The van der Waals surface area contributed by atoms with Crippen LogP contribution in [-0.2, 0) is 11.3 Å². The molecule has 6 nitrogen and oxygen atoms in total. The van der Waals surface area contributed by atoms with Crippen LogP contribution in [0.4, 0.5) is 5.69 Å². The molecule has 0 bridgehead atoms. The number of imidazole rings is 1. The van der Waals surface area contributed by atoms with Gasteiger partial charge in [0.05, 0.1) is 25.3 Å². The molecule has 0 fully saturated rings. The molecule has 0 unspecified atom stereocenters. The minimum atomic E-state index is -0.112. The highest BCUT2D eigenvalue weighted by Gasteiger charge is 2.17. The third-order valence-corrected chi connectivity index (χ3v) is 5.48. The van der Waals surface area contributed by atoms with Crippen molar-refractivity contribution < 1.29 is 14.3 Å². The monoisotopic (exact) mass is 415 g/mol.